The second kappa shape index (κ2) is 6.09. The predicted octanol–water partition coefficient (Wildman–Crippen LogP) is 1.70. The number of rotatable bonds is 4. The van der Waals surface area contributed by atoms with Crippen LogP contribution >= 0.6 is 23.2 Å². The molecule has 1 rings (SSSR count). The zero-order valence-electron chi connectivity index (χ0n) is 10.7. The molecule has 0 radical (unpaired) electrons. The first-order chi connectivity index (χ1) is 8.67. The van der Waals surface area contributed by atoms with Gasteiger partial charge in [-0.15, -0.1) is 0 Å². The minimum absolute atomic E-state index is 0.0247. The van der Waals surface area contributed by atoms with Crippen LogP contribution in [-0.2, 0) is 14.8 Å². The lowest BCUT2D eigenvalue weighted by Gasteiger charge is -2.20. The zero-order valence-corrected chi connectivity index (χ0v) is 13.1. The smallest absolute Gasteiger partial charge is 0.246 e. The molecule has 5 nitrogen and oxygen atoms in total. The molecule has 0 aliphatic carbocycles. The predicted molar refractivity (Wildman–Crippen MR) is 75.0 cm³/mol. The van der Waals surface area contributed by atoms with Gasteiger partial charge in [-0.05, 0) is 12.1 Å². The van der Waals surface area contributed by atoms with Crippen molar-refractivity contribution in [1.29, 1.82) is 0 Å². The lowest BCUT2D eigenvalue weighted by Crippen LogP contribution is -2.37. The molecule has 1 amide bonds. The van der Waals surface area contributed by atoms with E-state index in [9.17, 15) is 13.2 Å². The van der Waals surface area contributed by atoms with Crippen molar-refractivity contribution in [2.45, 2.75) is 4.90 Å². The van der Waals surface area contributed by atoms with Crippen LogP contribution in [-0.4, -0.2) is 51.2 Å². The highest BCUT2D eigenvalue weighted by molar-refractivity contribution is 7.89. The molecule has 0 unspecified atom stereocenters. The first-order valence-corrected chi connectivity index (χ1v) is 7.48. The van der Waals surface area contributed by atoms with E-state index in [-0.39, 0.29) is 27.4 Å². The van der Waals surface area contributed by atoms with E-state index in [4.69, 9.17) is 23.2 Å². The molecule has 0 N–H and O–H groups in total. The molecule has 0 bridgehead atoms. The van der Waals surface area contributed by atoms with Gasteiger partial charge in [0.05, 0.1) is 16.6 Å². The van der Waals surface area contributed by atoms with Gasteiger partial charge >= 0.3 is 0 Å². The standard InChI is InChI=1S/C11H14Cl2N2O3S/c1-14(2)10(16)7-15(3)19(17,18)11-8(12)5-4-6-9(11)13/h4-6H,7H2,1-3H3. The van der Waals surface area contributed by atoms with E-state index in [1.54, 1.807) is 20.2 Å². The third-order valence-electron chi connectivity index (χ3n) is 2.44. The molecule has 0 saturated carbocycles. The summed E-state index contributed by atoms with van der Waals surface area (Å²) in [5.74, 6) is -0.339. The molecular formula is C11H14Cl2N2O3S. The number of hydrogen-bond donors (Lipinski definition) is 0. The molecule has 1 aromatic carbocycles. The Kier molecular flexibility index (Phi) is 5.20. The highest BCUT2D eigenvalue weighted by atomic mass is 35.5. The molecule has 19 heavy (non-hydrogen) atoms. The Morgan fingerprint density at radius 1 is 1.16 bits per heavy atom. The maximum atomic E-state index is 12.3. The quantitative estimate of drug-likeness (QED) is 0.847. The van der Waals surface area contributed by atoms with Gasteiger partial charge in [0.1, 0.15) is 4.90 Å². The second-order valence-electron chi connectivity index (χ2n) is 4.10. The van der Waals surface area contributed by atoms with Crippen LogP contribution in [0.15, 0.2) is 23.1 Å². The highest BCUT2D eigenvalue weighted by Gasteiger charge is 2.28. The van der Waals surface area contributed by atoms with Gasteiger partial charge in [0.25, 0.3) is 0 Å². The number of sulfonamides is 1. The Morgan fingerprint density at radius 2 is 1.63 bits per heavy atom. The number of benzene rings is 1. The summed E-state index contributed by atoms with van der Waals surface area (Å²) in [5, 5.41) is 0.0494. The lowest BCUT2D eigenvalue weighted by molar-refractivity contribution is -0.128. The first-order valence-electron chi connectivity index (χ1n) is 5.28. The summed E-state index contributed by atoms with van der Waals surface area (Å²) in [4.78, 5) is 12.7. The molecule has 0 saturated heterocycles. The minimum Gasteiger partial charge on any atom is -0.348 e. The Morgan fingerprint density at radius 3 is 2.05 bits per heavy atom. The van der Waals surface area contributed by atoms with Gasteiger partial charge in [0, 0.05) is 21.1 Å². The Balaban J connectivity index is 3.14. The van der Waals surface area contributed by atoms with E-state index in [0.717, 1.165) is 4.31 Å². The first kappa shape index (κ1) is 16.2. The van der Waals surface area contributed by atoms with Gasteiger partial charge in [0.2, 0.25) is 15.9 Å². The van der Waals surface area contributed by atoms with Crippen molar-refractivity contribution in [1.82, 2.24) is 9.21 Å². The van der Waals surface area contributed by atoms with Crippen LogP contribution in [0, 0.1) is 0 Å². The Hall–Kier alpha value is -0.820. The third kappa shape index (κ3) is 3.60. The van der Waals surface area contributed by atoms with E-state index in [0.29, 0.717) is 0 Å². The van der Waals surface area contributed by atoms with E-state index in [1.807, 2.05) is 0 Å². The number of carbonyl (C=O) groups is 1. The van der Waals surface area contributed by atoms with Crippen LogP contribution in [0.25, 0.3) is 0 Å². The SMILES string of the molecule is CN(C)C(=O)CN(C)S(=O)(=O)c1c(Cl)cccc1Cl. The average Bonchev–Trinajstić information content (AvgIpc) is 2.27. The normalized spacial score (nSPS) is 11.7. The van der Waals surface area contributed by atoms with Crippen molar-refractivity contribution < 1.29 is 13.2 Å². The molecule has 1 aromatic rings. The van der Waals surface area contributed by atoms with Gasteiger partial charge in [-0.2, -0.15) is 4.31 Å². The molecule has 0 fully saturated rings. The molecule has 0 aromatic heterocycles. The van der Waals surface area contributed by atoms with Crippen molar-refractivity contribution in [3.05, 3.63) is 28.2 Å². The highest BCUT2D eigenvalue weighted by Crippen LogP contribution is 2.30. The van der Waals surface area contributed by atoms with Crippen LogP contribution in [0.5, 0.6) is 0 Å². The molecule has 0 spiro atoms. The van der Waals surface area contributed by atoms with Crippen LogP contribution in [0.4, 0.5) is 0 Å². The lowest BCUT2D eigenvalue weighted by atomic mass is 10.4. The third-order valence-corrected chi connectivity index (χ3v) is 5.20. The van der Waals surface area contributed by atoms with Crippen molar-refractivity contribution in [2.75, 3.05) is 27.7 Å². The summed E-state index contributed by atoms with van der Waals surface area (Å²) < 4.78 is 25.6. The number of likely N-dealkylation sites (N-methyl/N-ethyl adjacent to an activating group) is 2. The maximum Gasteiger partial charge on any atom is 0.246 e. The average molecular weight is 325 g/mol. The van der Waals surface area contributed by atoms with Crippen molar-refractivity contribution in [2.24, 2.45) is 0 Å². The van der Waals surface area contributed by atoms with E-state index < -0.39 is 10.0 Å². The second-order valence-corrected chi connectivity index (χ2v) is 6.90. The minimum atomic E-state index is -3.91. The summed E-state index contributed by atoms with van der Waals surface area (Å²) in [5.41, 5.74) is 0. The fraction of sp³-hybridized carbons (Fsp3) is 0.364. The van der Waals surface area contributed by atoms with Gasteiger partial charge in [-0.25, -0.2) is 8.42 Å². The van der Waals surface area contributed by atoms with E-state index in [2.05, 4.69) is 0 Å². The van der Waals surface area contributed by atoms with Crippen LogP contribution in [0.3, 0.4) is 0 Å². The number of carbonyl (C=O) groups excluding carboxylic acids is 1. The summed E-state index contributed by atoms with van der Waals surface area (Å²) in [6.07, 6.45) is 0. The van der Waals surface area contributed by atoms with Crippen molar-refractivity contribution in [3.63, 3.8) is 0 Å². The topological polar surface area (TPSA) is 57.7 Å². The van der Waals surface area contributed by atoms with Crippen LogP contribution < -0.4 is 0 Å². The molecule has 0 aliphatic heterocycles. The maximum absolute atomic E-state index is 12.3. The molecule has 106 valence electrons. The zero-order chi connectivity index (χ0) is 14.8. The Bertz CT molecular complexity index is 567. The Labute approximate surface area is 122 Å². The van der Waals surface area contributed by atoms with Crippen molar-refractivity contribution >= 4 is 39.1 Å². The van der Waals surface area contributed by atoms with Gasteiger partial charge < -0.3 is 4.90 Å². The summed E-state index contributed by atoms with van der Waals surface area (Å²) >= 11 is 11.7. The summed E-state index contributed by atoms with van der Waals surface area (Å²) in [7, 11) is 0.489. The van der Waals surface area contributed by atoms with Gasteiger partial charge in [0.15, 0.2) is 0 Å². The largest absolute Gasteiger partial charge is 0.348 e. The van der Waals surface area contributed by atoms with Gasteiger partial charge in [-0.1, -0.05) is 29.3 Å². The molecule has 8 heteroatoms. The fourth-order valence-corrected chi connectivity index (χ4v) is 3.51. The number of hydrogen-bond acceptors (Lipinski definition) is 3. The van der Waals surface area contributed by atoms with Gasteiger partial charge in [-0.3, -0.25) is 4.79 Å². The van der Waals surface area contributed by atoms with Crippen LogP contribution in [0.2, 0.25) is 10.0 Å². The number of nitrogens with zero attached hydrogens (tertiary/aromatic N) is 2. The monoisotopic (exact) mass is 324 g/mol. The van der Waals surface area contributed by atoms with E-state index in [1.165, 1.54) is 24.1 Å². The number of halogens is 2. The van der Waals surface area contributed by atoms with Crippen LogP contribution in [0.1, 0.15) is 0 Å². The van der Waals surface area contributed by atoms with Crippen molar-refractivity contribution in [3.8, 4) is 0 Å². The van der Waals surface area contributed by atoms with E-state index >= 15 is 0 Å². The molecular weight excluding hydrogens is 311 g/mol. The number of amides is 1. The summed E-state index contributed by atoms with van der Waals surface area (Å²) in [6.45, 7) is -0.281. The fourth-order valence-electron chi connectivity index (χ4n) is 1.30. The molecule has 0 heterocycles. The molecule has 0 atom stereocenters. The molecule has 0 aliphatic rings. The summed E-state index contributed by atoms with van der Waals surface area (Å²) in [6, 6.07) is 4.42.